The monoisotopic (exact) mass is 451 g/mol. The Morgan fingerprint density at radius 2 is 1.85 bits per heavy atom. The molecule has 0 unspecified atom stereocenters. The molecule has 7 nitrogen and oxygen atoms in total. The number of halogens is 1. The fraction of sp³-hybridized carbons (Fsp3) is 0.167. The number of amides is 2. The lowest BCUT2D eigenvalue weighted by Gasteiger charge is -2.12. The second-order valence-corrected chi connectivity index (χ2v) is 6.62. The van der Waals surface area contributed by atoms with E-state index in [1.807, 2.05) is 25.1 Å². The van der Waals surface area contributed by atoms with Crippen molar-refractivity contribution in [3.05, 3.63) is 58.1 Å². The molecule has 0 radical (unpaired) electrons. The third kappa shape index (κ3) is 6.22. The van der Waals surface area contributed by atoms with Gasteiger partial charge in [-0.15, -0.1) is 0 Å². The zero-order chi connectivity index (χ0) is 19.8. The van der Waals surface area contributed by atoms with E-state index in [0.717, 1.165) is 5.56 Å². The minimum Gasteiger partial charge on any atom is -0.496 e. The normalized spacial score (nSPS) is 9.89. The van der Waals surface area contributed by atoms with Gasteiger partial charge in [-0.25, -0.2) is 0 Å². The van der Waals surface area contributed by atoms with Crippen molar-refractivity contribution in [2.75, 3.05) is 13.7 Å². The first kappa shape index (κ1) is 20.7. The van der Waals surface area contributed by atoms with Crippen LogP contribution in [-0.2, 0) is 4.79 Å². The Morgan fingerprint density at radius 3 is 2.52 bits per heavy atom. The average Bonchev–Trinajstić information content (AvgIpc) is 2.65. The summed E-state index contributed by atoms with van der Waals surface area (Å²) in [5.74, 6) is 0.352. The lowest BCUT2D eigenvalue weighted by Crippen LogP contribution is -2.49. The van der Waals surface area contributed by atoms with Gasteiger partial charge in [0.05, 0.1) is 11.6 Å². The van der Waals surface area contributed by atoms with Crippen molar-refractivity contribution in [2.24, 2.45) is 0 Å². The summed E-state index contributed by atoms with van der Waals surface area (Å²) in [6.07, 6.45) is 0. The standard InChI is InChI=1S/C18H18BrN3O4S/c1-11-5-3-4-6-14(11)26-10-16(23)21-22-18(27)20-17(24)12-7-8-15(25-2)13(19)9-12/h3-9H,10H2,1-2H3,(H,21,23)(H2,20,22,24,27). The Bertz CT molecular complexity index is 860. The highest BCUT2D eigenvalue weighted by atomic mass is 79.9. The quantitative estimate of drug-likeness (QED) is 0.477. The predicted octanol–water partition coefficient (Wildman–Crippen LogP) is 2.48. The first-order valence-electron chi connectivity index (χ1n) is 7.83. The van der Waals surface area contributed by atoms with E-state index in [9.17, 15) is 9.59 Å². The molecule has 2 amide bonds. The van der Waals surface area contributed by atoms with Crippen molar-refractivity contribution in [2.45, 2.75) is 6.92 Å². The molecular weight excluding hydrogens is 434 g/mol. The Labute approximate surface area is 170 Å². The van der Waals surface area contributed by atoms with Crippen molar-refractivity contribution in [3.63, 3.8) is 0 Å². The molecule has 3 N–H and O–H groups in total. The van der Waals surface area contributed by atoms with Crippen LogP contribution < -0.4 is 25.6 Å². The zero-order valence-electron chi connectivity index (χ0n) is 14.7. The fourth-order valence-corrected chi connectivity index (χ4v) is 2.72. The van der Waals surface area contributed by atoms with Gasteiger partial charge in [-0.1, -0.05) is 18.2 Å². The number of aryl methyl sites for hydroxylation is 1. The summed E-state index contributed by atoms with van der Waals surface area (Å²) in [5.41, 5.74) is 6.11. The van der Waals surface area contributed by atoms with Gasteiger partial charge < -0.3 is 9.47 Å². The largest absolute Gasteiger partial charge is 0.496 e. The van der Waals surface area contributed by atoms with Gasteiger partial charge >= 0.3 is 0 Å². The molecule has 2 rings (SSSR count). The fourth-order valence-electron chi connectivity index (χ4n) is 2.04. The van der Waals surface area contributed by atoms with Crippen LogP contribution in [0, 0.1) is 6.92 Å². The van der Waals surface area contributed by atoms with E-state index in [2.05, 4.69) is 32.1 Å². The van der Waals surface area contributed by atoms with Crippen LogP contribution in [0.5, 0.6) is 11.5 Å². The molecule has 0 spiro atoms. The maximum atomic E-state index is 12.2. The van der Waals surface area contributed by atoms with Crippen molar-refractivity contribution >= 4 is 45.1 Å². The van der Waals surface area contributed by atoms with Crippen LogP contribution in [0.1, 0.15) is 15.9 Å². The number of benzene rings is 2. The maximum absolute atomic E-state index is 12.2. The van der Waals surface area contributed by atoms with Gasteiger partial charge in [0.2, 0.25) is 0 Å². The highest BCUT2D eigenvalue weighted by Crippen LogP contribution is 2.25. The molecule has 9 heteroatoms. The number of nitrogens with one attached hydrogen (secondary N) is 3. The SMILES string of the molecule is COc1ccc(C(=O)NC(=S)NNC(=O)COc2ccccc2C)cc1Br. The summed E-state index contributed by atoms with van der Waals surface area (Å²) in [7, 11) is 1.53. The smallest absolute Gasteiger partial charge is 0.276 e. The third-order valence-electron chi connectivity index (χ3n) is 3.41. The van der Waals surface area contributed by atoms with Gasteiger partial charge in [0.25, 0.3) is 11.8 Å². The van der Waals surface area contributed by atoms with E-state index in [-0.39, 0.29) is 11.7 Å². The Morgan fingerprint density at radius 1 is 1.11 bits per heavy atom. The van der Waals surface area contributed by atoms with E-state index in [1.165, 1.54) is 7.11 Å². The topological polar surface area (TPSA) is 88.7 Å². The molecule has 0 bridgehead atoms. The van der Waals surface area contributed by atoms with E-state index in [0.29, 0.717) is 21.5 Å². The molecule has 0 atom stereocenters. The Kier molecular flexibility index (Phi) is 7.56. The summed E-state index contributed by atoms with van der Waals surface area (Å²) in [5, 5.41) is 2.42. The summed E-state index contributed by atoms with van der Waals surface area (Å²) >= 11 is 8.30. The molecule has 0 aliphatic rings. The van der Waals surface area contributed by atoms with Crippen molar-refractivity contribution in [1.82, 2.24) is 16.2 Å². The van der Waals surface area contributed by atoms with Gasteiger partial charge in [0.1, 0.15) is 11.5 Å². The first-order valence-corrected chi connectivity index (χ1v) is 9.03. The minimum atomic E-state index is -0.443. The van der Waals surface area contributed by atoms with Crippen molar-refractivity contribution in [3.8, 4) is 11.5 Å². The number of carbonyl (C=O) groups is 2. The number of carbonyl (C=O) groups excluding carboxylic acids is 2. The van der Waals surface area contributed by atoms with Crippen LogP contribution in [0.3, 0.4) is 0 Å². The summed E-state index contributed by atoms with van der Waals surface area (Å²) < 4.78 is 11.2. The third-order valence-corrected chi connectivity index (χ3v) is 4.23. The summed E-state index contributed by atoms with van der Waals surface area (Å²) in [6.45, 7) is 1.69. The highest BCUT2D eigenvalue weighted by Gasteiger charge is 2.11. The first-order chi connectivity index (χ1) is 12.9. The van der Waals surface area contributed by atoms with E-state index < -0.39 is 11.8 Å². The predicted molar refractivity (Wildman–Crippen MR) is 109 cm³/mol. The molecule has 142 valence electrons. The number of hydrazine groups is 1. The number of thiocarbonyl (C=S) groups is 1. The second-order valence-electron chi connectivity index (χ2n) is 5.36. The number of hydrogen-bond donors (Lipinski definition) is 3. The number of rotatable bonds is 5. The summed E-state index contributed by atoms with van der Waals surface area (Å²) in [4.78, 5) is 24.0. The van der Waals surface area contributed by atoms with E-state index in [1.54, 1.807) is 24.3 Å². The number of para-hydroxylation sites is 1. The van der Waals surface area contributed by atoms with Gasteiger partial charge in [-0.2, -0.15) is 0 Å². The van der Waals surface area contributed by atoms with E-state index >= 15 is 0 Å². The van der Waals surface area contributed by atoms with Gasteiger partial charge in [-0.05, 0) is 64.9 Å². The average molecular weight is 452 g/mol. The van der Waals surface area contributed by atoms with Crippen LogP contribution in [0.15, 0.2) is 46.9 Å². The zero-order valence-corrected chi connectivity index (χ0v) is 17.1. The number of methoxy groups -OCH3 is 1. The van der Waals surface area contributed by atoms with Crippen LogP contribution in [0.4, 0.5) is 0 Å². The van der Waals surface area contributed by atoms with Crippen LogP contribution in [0.2, 0.25) is 0 Å². The minimum absolute atomic E-state index is 0.0452. The van der Waals surface area contributed by atoms with Crippen LogP contribution in [-0.4, -0.2) is 30.6 Å². The molecule has 0 fully saturated rings. The van der Waals surface area contributed by atoms with Gasteiger partial charge in [0, 0.05) is 5.56 Å². The lowest BCUT2D eigenvalue weighted by molar-refractivity contribution is -0.123. The molecule has 2 aromatic rings. The molecule has 27 heavy (non-hydrogen) atoms. The molecule has 0 saturated carbocycles. The van der Waals surface area contributed by atoms with Crippen LogP contribution >= 0.6 is 28.1 Å². The molecule has 0 aliphatic carbocycles. The van der Waals surface area contributed by atoms with Gasteiger partial charge in [-0.3, -0.25) is 25.8 Å². The van der Waals surface area contributed by atoms with E-state index in [4.69, 9.17) is 21.7 Å². The molecular formula is C18H18BrN3O4S. The molecule has 0 heterocycles. The number of hydrogen-bond acceptors (Lipinski definition) is 5. The van der Waals surface area contributed by atoms with Crippen LogP contribution in [0.25, 0.3) is 0 Å². The van der Waals surface area contributed by atoms with Gasteiger partial charge in [0.15, 0.2) is 11.7 Å². The molecule has 2 aromatic carbocycles. The molecule has 0 saturated heterocycles. The highest BCUT2D eigenvalue weighted by molar-refractivity contribution is 9.10. The number of ether oxygens (including phenoxy) is 2. The van der Waals surface area contributed by atoms with Crippen molar-refractivity contribution in [1.29, 1.82) is 0 Å². The molecule has 0 aliphatic heterocycles. The Hall–Kier alpha value is -2.65. The summed E-state index contributed by atoms with van der Waals surface area (Å²) in [6, 6.07) is 12.2. The van der Waals surface area contributed by atoms with Crippen molar-refractivity contribution < 1.29 is 19.1 Å². The second kappa shape index (κ2) is 9.89. The molecule has 0 aromatic heterocycles. The lowest BCUT2D eigenvalue weighted by atomic mass is 10.2. The maximum Gasteiger partial charge on any atom is 0.276 e. The Balaban J connectivity index is 1.78.